The van der Waals surface area contributed by atoms with Crippen molar-refractivity contribution in [3.8, 4) is 0 Å². The largest absolute Gasteiger partial charge is 0.464 e. The van der Waals surface area contributed by atoms with E-state index in [9.17, 15) is 4.79 Å². The maximum atomic E-state index is 12.5. The number of fused-ring (bicyclic) bond motifs is 1. The third-order valence-corrected chi connectivity index (χ3v) is 3.56. The Morgan fingerprint density at radius 1 is 1.32 bits per heavy atom. The number of furan rings is 1. The van der Waals surface area contributed by atoms with E-state index in [1.807, 2.05) is 45.9 Å². The highest BCUT2D eigenvalue weighted by molar-refractivity contribution is 5.99. The second-order valence-corrected chi connectivity index (χ2v) is 5.48. The minimum absolute atomic E-state index is 0.214. The van der Waals surface area contributed by atoms with Crippen molar-refractivity contribution in [2.75, 3.05) is 0 Å². The minimum atomic E-state index is -0.220. The molecular weight excluding hydrogens is 280 g/mol. The van der Waals surface area contributed by atoms with Gasteiger partial charge in [-0.2, -0.15) is 5.10 Å². The number of hydrogen-bond donors (Lipinski definition) is 1. The first-order chi connectivity index (χ1) is 10.5. The molecule has 6 nitrogen and oxygen atoms in total. The molecule has 114 valence electrons. The Bertz CT molecular complexity index is 847. The standard InChI is InChI=1S/C16H18N4O2/c1-9-7-10(2)20-15(18-9)13(8-17-20)16(21)19-12(4)14-6-5-11(3)22-14/h5-8,12H,1-4H3,(H,19,21)/t12-/m0/s1. The van der Waals surface area contributed by atoms with Crippen LogP contribution in [0.5, 0.6) is 0 Å². The van der Waals surface area contributed by atoms with Crippen LogP contribution < -0.4 is 5.32 Å². The SMILES string of the molecule is Cc1cc(C)n2ncc(C(=O)N[C@@H](C)c3ccc(C)o3)c2n1. The van der Waals surface area contributed by atoms with Crippen molar-refractivity contribution >= 4 is 11.6 Å². The van der Waals surface area contributed by atoms with E-state index < -0.39 is 0 Å². The Balaban J connectivity index is 1.89. The summed E-state index contributed by atoms with van der Waals surface area (Å²) in [6.45, 7) is 7.59. The van der Waals surface area contributed by atoms with Gasteiger partial charge in [0.15, 0.2) is 5.65 Å². The van der Waals surface area contributed by atoms with Crippen LogP contribution in [0.3, 0.4) is 0 Å². The van der Waals surface area contributed by atoms with Gasteiger partial charge >= 0.3 is 0 Å². The van der Waals surface area contributed by atoms with Gasteiger partial charge in [-0.1, -0.05) is 0 Å². The van der Waals surface area contributed by atoms with Crippen LogP contribution in [0.15, 0.2) is 28.8 Å². The molecule has 0 aliphatic carbocycles. The first-order valence-corrected chi connectivity index (χ1v) is 7.15. The first-order valence-electron chi connectivity index (χ1n) is 7.15. The van der Waals surface area contributed by atoms with Crippen LogP contribution in [0.2, 0.25) is 0 Å². The van der Waals surface area contributed by atoms with Crippen LogP contribution in [0.25, 0.3) is 5.65 Å². The zero-order valence-electron chi connectivity index (χ0n) is 13.0. The van der Waals surface area contributed by atoms with Gasteiger partial charge in [0.25, 0.3) is 5.91 Å². The Hall–Kier alpha value is -2.63. The van der Waals surface area contributed by atoms with Gasteiger partial charge in [-0.25, -0.2) is 9.50 Å². The predicted molar refractivity (Wildman–Crippen MR) is 81.8 cm³/mol. The van der Waals surface area contributed by atoms with Crippen LogP contribution in [-0.2, 0) is 0 Å². The highest BCUT2D eigenvalue weighted by Gasteiger charge is 2.19. The van der Waals surface area contributed by atoms with Crippen LogP contribution >= 0.6 is 0 Å². The van der Waals surface area contributed by atoms with E-state index in [4.69, 9.17) is 4.42 Å². The zero-order valence-corrected chi connectivity index (χ0v) is 13.0. The molecule has 1 N–H and O–H groups in total. The van der Waals surface area contributed by atoms with Crippen molar-refractivity contribution < 1.29 is 9.21 Å². The maximum Gasteiger partial charge on any atom is 0.257 e. The minimum Gasteiger partial charge on any atom is -0.464 e. The molecule has 1 amide bonds. The summed E-state index contributed by atoms with van der Waals surface area (Å²) in [5.74, 6) is 1.33. The van der Waals surface area contributed by atoms with Crippen molar-refractivity contribution in [3.05, 3.63) is 52.9 Å². The number of carbonyl (C=O) groups excluding carboxylic acids is 1. The van der Waals surface area contributed by atoms with E-state index in [-0.39, 0.29) is 11.9 Å². The zero-order chi connectivity index (χ0) is 15.9. The lowest BCUT2D eigenvalue weighted by molar-refractivity contribution is 0.0936. The lowest BCUT2D eigenvalue weighted by atomic mass is 10.2. The molecule has 0 aliphatic rings. The van der Waals surface area contributed by atoms with Crippen LogP contribution in [0, 0.1) is 20.8 Å². The van der Waals surface area contributed by atoms with Gasteiger partial charge in [0.05, 0.1) is 12.2 Å². The van der Waals surface area contributed by atoms with Crippen molar-refractivity contribution in [2.45, 2.75) is 33.7 Å². The van der Waals surface area contributed by atoms with Gasteiger partial charge in [0.1, 0.15) is 17.1 Å². The van der Waals surface area contributed by atoms with Gasteiger partial charge in [0.2, 0.25) is 0 Å². The number of rotatable bonds is 3. The molecule has 0 fully saturated rings. The maximum absolute atomic E-state index is 12.5. The number of nitrogens with one attached hydrogen (secondary N) is 1. The van der Waals surface area contributed by atoms with Crippen molar-refractivity contribution in [1.82, 2.24) is 19.9 Å². The smallest absolute Gasteiger partial charge is 0.257 e. The Morgan fingerprint density at radius 3 is 2.77 bits per heavy atom. The van der Waals surface area contributed by atoms with Gasteiger partial charge in [-0.3, -0.25) is 4.79 Å². The highest BCUT2D eigenvalue weighted by Crippen LogP contribution is 2.17. The average molecular weight is 298 g/mol. The summed E-state index contributed by atoms with van der Waals surface area (Å²) < 4.78 is 7.21. The third kappa shape index (κ3) is 2.47. The molecule has 0 saturated heterocycles. The van der Waals surface area contributed by atoms with E-state index in [0.717, 1.165) is 22.9 Å². The fourth-order valence-electron chi connectivity index (χ4n) is 2.46. The molecule has 3 aromatic rings. The first kappa shape index (κ1) is 14.3. The van der Waals surface area contributed by atoms with Gasteiger partial charge in [-0.15, -0.1) is 0 Å². The topological polar surface area (TPSA) is 72.4 Å². The summed E-state index contributed by atoms with van der Waals surface area (Å²) in [6.07, 6.45) is 1.55. The van der Waals surface area contributed by atoms with E-state index in [1.165, 1.54) is 0 Å². The quantitative estimate of drug-likeness (QED) is 0.807. The molecule has 0 radical (unpaired) electrons. The Kier molecular flexibility index (Phi) is 3.44. The van der Waals surface area contributed by atoms with Gasteiger partial charge in [0, 0.05) is 11.4 Å². The monoisotopic (exact) mass is 298 g/mol. The second kappa shape index (κ2) is 5.29. The van der Waals surface area contributed by atoms with Crippen LogP contribution in [-0.4, -0.2) is 20.5 Å². The fourth-order valence-corrected chi connectivity index (χ4v) is 2.46. The number of nitrogens with zero attached hydrogens (tertiary/aromatic N) is 3. The van der Waals surface area contributed by atoms with E-state index >= 15 is 0 Å². The molecular formula is C16H18N4O2. The van der Waals surface area contributed by atoms with Crippen LogP contribution in [0.4, 0.5) is 0 Å². The normalized spacial score (nSPS) is 12.5. The van der Waals surface area contributed by atoms with Crippen molar-refractivity contribution in [2.24, 2.45) is 0 Å². The lowest BCUT2D eigenvalue weighted by Crippen LogP contribution is -2.26. The second-order valence-electron chi connectivity index (χ2n) is 5.48. The summed E-state index contributed by atoms with van der Waals surface area (Å²) in [7, 11) is 0. The molecule has 0 aromatic carbocycles. The molecule has 3 heterocycles. The molecule has 0 bridgehead atoms. The summed E-state index contributed by atoms with van der Waals surface area (Å²) >= 11 is 0. The van der Waals surface area contributed by atoms with Gasteiger partial charge in [-0.05, 0) is 45.9 Å². The Labute approximate surface area is 128 Å². The molecule has 1 atom stereocenters. The number of hydrogen-bond acceptors (Lipinski definition) is 4. The Morgan fingerprint density at radius 2 is 2.09 bits per heavy atom. The molecule has 0 unspecified atom stereocenters. The summed E-state index contributed by atoms with van der Waals surface area (Å²) in [6, 6.07) is 5.45. The van der Waals surface area contributed by atoms with Crippen LogP contribution in [0.1, 0.15) is 46.2 Å². The molecule has 3 aromatic heterocycles. The number of aryl methyl sites for hydroxylation is 3. The van der Waals surface area contributed by atoms with Gasteiger partial charge < -0.3 is 9.73 Å². The van der Waals surface area contributed by atoms with Crippen molar-refractivity contribution in [3.63, 3.8) is 0 Å². The molecule has 3 rings (SSSR count). The number of aromatic nitrogens is 3. The highest BCUT2D eigenvalue weighted by atomic mass is 16.3. The fraction of sp³-hybridized carbons (Fsp3) is 0.312. The molecule has 22 heavy (non-hydrogen) atoms. The summed E-state index contributed by atoms with van der Waals surface area (Å²) in [4.78, 5) is 16.9. The summed E-state index contributed by atoms with van der Waals surface area (Å²) in [5.41, 5.74) is 2.82. The molecule has 6 heteroatoms. The van der Waals surface area contributed by atoms with E-state index in [1.54, 1.807) is 10.7 Å². The average Bonchev–Trinajstić information content (AvgIpc) is 3.04. The lowest BCUT2D eigenvalue weighted by Gasteiger charge is -2.10. The molecule has 0 aliphatic heterocycles. The van der Waals surface area contributed by atoms with E-state index in [2.05, 4.69) is 15.4 Å². The van der Waals surface area contributed by atoms with Crippen molar-refractivity contribution in [1.29, 1.82) is 0 Å². The van der Waals surface area contributed by atoms with E-state index in [0.29, 0.717) is 11.2 Å². The number of amides is 1. The molecule has 0 spiro atoms. The molecule has 0 saturated carbocycles. The number of carbonyl (C=O) groups is 1. The predicted octanol–water partition coefficient (Wildman–Crippen LogP) is 2.74. The third-order valence-electron chi connectivity index (χ3n) is 3.56. The summed E-state index contributed by atoms with van der Waals surface area (Å²) in [5, 5.41) is 7.15.